The number of hydrogen-bond acceptors (Lipinski definition) is 4. The molecule has 19 heavy (non-hydrogen) atoms. The van der Waals surface area contributed by atoms with Crippen LogP contribution in [0, 0.1) is 0 Å². The Hall–Kier alpha value is -0.160. The van der Waals surface area contributed by atoms with E-state index >= 15 is 0 Å². The molecule has 0 bridgehead atoms. The second-order valence-electron chi connectivity index (χ2n) is 6.14. The summed E-state index contributed by atoms with van der Waals surface area (Å²) in [4.78, 5) is 7.85. The Kier molecular flexibility index (Phi) is 6.07. The first-order valence-electron chi connectivity index (χ1n) is 8.17. The Morgan fingerprint density at radius 1 is 1.05 bits per heavy atom. The van der Waals surface area contributed by atoms with Crippen LogP contribution >= 0.6 is 0 Å². The van der Waals surface area contributed by atoms with E-state index in [2.05, 4.69) is 28.5 Å². The zero-order valence-electron chi connectivity index (χ0n) is 12.9. The third-order valence-corrected chi connectivity index (χ3v) is 4.96. The fourth-order valence-electron chi connectivity index (χ4n) is 3.42. The predicted octanol–water partition coefficient (Wildman–Crippen LogP) is 0.826. The number of nitrogens with zero attached hydrogens (tertiary/aromatic N) is 3. The lowest BCUT2D eigenvalue weighted by Gasteiger charge is -2.34. The van der Waals surface area contributed by atoms with Crippen molar-refractivity contribution in [3.63, 3.8) is 0 Å². The monoisotopic (exact) mass is 268 g/mol. The third kappa shape index (κ3) is 4.42. The minimum Gasteiger partial charge on any atom is -0.328 e. The highest BCUT2D eigenvalue weighted by Gasteiger charge is 2.29. The molecule has 0 aliphatic carbocycles. The van der Waals surface area contributed by atoms with Crippen LogP contribution in [0.3, 0.4) is 0 Å². The summed E-state index contributed by atoms with van der Waals surface area (Å²) in [6.45, 7) is 14.3. The van der Waals surface area contributed by atoms with Gasteiger partial charge in [0.2, 0.25) is 0 Å². The van der Waals surface area contributed by atoms with Crippen molar-refractivity contribution in [2.75, 3.05) is 52.4 Å². The minimum absolute atomic E-state index is 0.455. The van der Waals surface area contributed by atoms with Crippen LogP contribution in [0.1, 0.15) is 33.1 Å². The van der Waals surface area contributed by atoms with Crippen molar-refractivity contribution in [1.29, 1.82) is 0 Å². The standard InChI is InChI=1S/C15H32N4/c1-3-17(4-2)11-12-18-8-7-15(13-18)19-9-5-14(16)6-10-19/h14-15H,3-13,16H2,1-2H3. The van der Waals surface area contributed by atoms with E-state index in [1.165, 1.54) is 71.6 Å². The highest BCUT2D eigenvalue weighted by atomic mass is 15.3. The number of piperidine rings is 1. The van der Waals surface area contributed by atoms with Crippen LogP contribution in [0.2, 0.25) is 0 Å². The third-order valence-electron chi connectivity index (χ3n) is 4.96. The Balaban J connectivity index is 1.68. The van der Waals surface area contributed by atoms with Crippen molar-refractivity contribution >= 4 is 0 Å². The maximum absolute atomic E-state index is 5.99. The zero-order chi connectivity index (χ0) is 13.7. The summed E-state index contributed by atoms with van der Waals surface area (Å²) in [6.07, 6.45) is 3.74. The van der Waals surface area contributed by atoms with Crippen LogP contribution in [-0.2, 0) is 0 Å². The van der Waals surface area contributed by atoms with Gasteiger partial charge in [-0.15, -0.1) is 0 Å². The van der Waals surface area contributed by atoms with Crippen molar-refractivity contribution in [3.8, 4) is 0 Å². The van der Waals surface area contributed by atoms with Gasteiger partial charge in [-0.1, -0.05) is 13.8 Å². The van der Waals surface area contributed by atoms with E-state index in [0.29, 0.717) is 6.04 Å². The maximum atomic E-state index is 5.99. The topological polar surface area (TPSA) is 35.7 Å². The molecule has 2 rings (SSSR count). The lowest BCUT2D eigenvalue weighted by molar-refractivity contribution is 0.149. The molecule has 2 aliphatic rings. The molecule has 2 aliphatic heterocycles. The molecule has 0 aromatic heterocycles. The van der Waals surface area contributed by atoms with E-state index in [0.717, 1.165) is 6.04 Å². The summed E-state index contributed by atoms with van der Waals surface area (Å²) < 4.78 is 0. The smallest absolute Gasteiger partial charge is 0.0235 e. The number of likely N-dealkylation sites (N-methyl/N-ethyl adjacent to an activating group) is 1. The van der Waals surface area contributed by atoms with Crippen molar-refractivity contribution in [1.82, 2.24) is 14.7 Å². The van der Waals surface area contributed by atoms with Crippen molar-refractivity contribution < 1.29 is 0 Å². The van der Waals surface area contributed by atoms with E-state index in [4.69, 9.17) is 5.73 Å². The molecular formula is C15H32N4. The molecule has 0 saturated carbocycles. The van der Waals surface area contributed by atoms with Crippen LogP contribution in [0.5, 0.6) is 0 Å². The second kappa shape index (κ2) is 7.58. The van der Waals surface area contributed by atoms with Gasteiger partial charge in [0.25, 0.3) is 0 Å². The van der Waals surface area contributed by atoms with E-state index in [1.807, 2.05) is 0 Å². The SMILES string of the molecule is CCN(CC)CCN1CCC(N2CCC(N)CC2)C1. The highest BCUT2D eigenvalue weighted by molar-refractivity contribution is 4.87. The zero-order valence-corrected chi connectivity index (χ0v) is 12.9. The average Bonchev–Trinajstić information content (AvgIpc) is 2.89. The Morgan fingerprint density at radius 2 is 1.74 bits per heavy atom. The van der Waals surface area contributed by atoms with Gasteiger partial charge < -0.3 is 15.5 Å². The van der Waals surface area contributed by atoms with Crippen molar-refractivity contribution in [2.24, 2.45) is 5.73 Å². The molecule has 112 valence electrons. The lowest BCUT2D eigenvalue weighted by Crippen LogP contribution is -2.46. The van der Waals surface area contributed by atoms with Gasteiger partial charge in [-0.2, -0.15) is 0 Å². The molecule has 1 atom stereocenters. The molecule has 0 aromatic carbocycles. The van der Waals surface area contributed by atoms with Gasteiger partial charge in [-0.25, -0.2) is 0 Å². The molecule has 4 nitrogen and oxygen atoms in total. The van der Waals surface area contributed by atoms with E-state index in [1.54, 1.807) is 0 Å². The Labute approximate surface area is 118 Å². The molecule has 0 aromatic rings. The van der Waals surface area contributed by atoms with Gasteiger partial charge in [-0.3, -0.25) is 4.90 Å². The van der Waals surface area contributed by atoms with Gasteiger partial charge in [0, 0.05) is 31.7 Å². The van der Waals surface area contributed by atoms with Gasteiger partial charge in [-0.05, 0) is 52.0 Å². The van der Waals surface area contributed by atoms with Crippen LogP contribution in [0.4, 0.5) is 0 Å². The first-order chi connectivity index (χ1) is 9.22. The summed E-state index contributed by atoms with van der Waals surface area (Å²) in [6, 6.07) is 1.25. The first kappa shape index (κ1) is 15.2. The molecule has 2 fully saturated rings. The van der Waals surface area contributed by atoms with E-state index in [9.17, 15) is 0 Å². The molecule has 2 saturated heterocycles. The van der Waals surface area contributed by atoms with Gasteiger partial charge in [0.15, 0.2) is 0 Å². The number of hydrogen-bond donors (Lipinski definition) is 1. The molecule has 1 unspecified atom stereocenters. The van der Waals surface area contributed by atoms with Gasteiger partial charge >= 0.3 is 0 Å². The molecule has 0 amide bonds. The van der Waals surface area contributed by atoms with Crippen LogP contribution in [0.25, 0.3) is 0 Å². The average molecular weight is 268 g/mol. The summed E-state index contributed by atoms with van der Waals surface area (Å²) in [5.41, 5.74) is 5.99. The second-order valence-corrected chi connectivity index (χ2v) is 6.14. The Bertz CT molecular complexity index is 247. The van der Waals surface area contributed by atoms with Gasteiger partial charge in [0.05, 0.1) is 0 Å². The van der Waals surface area contributed by atoms with Crippen LogP contribution in [-0.4, -0.2) is 79.1 Å². The van der Waals surface area contributed by atoms with Gasteiger partial charge in [0.1, 0.15) is 0 Å². The van der Waals surface area contributed by atoms with Crippen molar-refractivity contribution in [2.45, 2.75) is 45.2 Å². The number of rotatable bonds is 6. The van der Waals surface area contributed by atoms with Crippen LogP contribution in [0.15, 0.2) is 0 Å². The first-order valence-corrected chi connectivity index (χ1v) is 8.17. The molecule has 0 spiro atoms. The molecular weight excluding hydrogens is 236 g/mol. The fraction of sp³-hybridized carbons (Fsp3) is 1.00. The van der Waals surface area contributed by atoms with E-state index < -0.39 is 0 Å². The summed E-state index contributed by atoms with van der Waals surface area (Å²) in [5, 5.41) is 0. The summed E-state index contributed by atoms with van der Waals surface area (Å²) >= 11 is 0. The normalized spacial score (nSPS) is 27.5. The number of likely N-dealkylation sites (tertiary alicyclic amines) is 2. The molecule has 4 heteroatoms. The summed E-state index contributed by atoms with van der Waals surface area (Å²) in [5.74, 6) is 0. The molecule has 2 heterocycles. The maximum Gasteiger partial charge on any atom is 0.0235 e. The largest absolute Gasteiger partial charge is 0.328 e. The number of nitrogens with two attached hydrogens (primary N) is 1. The minimum atomic E-state index is 0.455. The fourth-order valence-corrected chi connectivity index (χ4v) is 3.42. The Morgan fingerprint density at radius 3 is 2.37 bits per heavy atom. The molecule has 2 N–H and O–H groups in total. The summed E-state index contributed by atoms with van der Waals surface area (Å²) in [7, 11) is 0. The van der Waals surface area contributed by atoms with Crippen molar-refractivity contribution in [3.05, 3.63) is 0 Å². The van der Waals surface area contributed by atoms with Crippen LogP contribution < -0.4 is 5.73 Å². The molecule has 0 radical (unpaired) electrons. The predicted molar refractivity (Wildman–Crippen MR) is 81.4 cm³/mol. The highest BCUT2D eigenvalue weighted by Crippen LogP contribution is 2.19. The van der Waals surface area contributed by atoms with E-state index in [-0.39, 0.29) is 0 Å². The quantitative estimate of drug-likeness (QED) is 0.774. The lowest BCUT2D eigenvalue weighted by atomic mass is 10.0.